The van der Waals surface area contributed by atoms with E-state index in [4.69, 9.17) is 14.5 Å². The van der Waals surface area contributed by atoms with Crippen molar-refractivity contribution < 1.29 is 9.47 Å². The highest BCUT2D eigenvalue weighted by Crippen LogP contribution is 2.13. The van der Waals surface area contributed by atoms with Crippen LogP contribution >= 0.6 is 24.0 Å². The number of halogens is 1. The first-order valence-corrected chi connectivity index (χ1v) is 10.4. The molecule has 10 heteroatoms. The molecule has 0 spiro atoms. The second-order valence-corrected chi connectivity index (χ2v) is 7.68. The maximum absolute atomic E-state index is 5.43. The number of guanidine groups is 1. The fraction of sp³-hybridized carbons (Fsp3) is 0.842. The van der Waals surface area contributed by atoms with Crippen LogP contribution in [-0.4, -0.2) is 84.7 Å². The molecule has 1 aromatic heterocycles. The van der Waals surface area contributed by atoms with E-state index in [2.05, 4.69) is 39.5 Å². The van der Waals surface area contributed by atoms with Crippen LogP contribution < -0.4 is 10.6 Å². The molecule has 0 amide bonds. The summed E-state index contributed by atoms with van der Waals surface area (Å²) >= 11 is 0. The molecule has 3 rings (SSSR count). The molecule has 2 atom stereocenters. The minimum absolute atomic E-state index is 0. The number of ether oxygens (including phenoxy) is 2. The molecular weight excluding hydrogens is 485 g/mol. The first-order chi connectivity index (χ1) is 13.7. The van der Waals surface area contributed by atoms with Crippen molar-refractivity contribution >= 4 is 29.9 Å². The molecule has 0 saturated carbocycles. The van der Waals surface area contributed by atoms with Crippen molar-refractivity contribution in [2.24, 2.45) is 10.9 Å². The van der Waals surface area contributed by atoms with Gasteiger partial charge in [0, 0.05) is 52.3 Å². The van der Waals surface area contributed by atoms with Crippen LogP contribution in [0.15, 0.2) is 4.99 Å². The number of hydrogen-bond acceptors (Lipinski definition) is 6. The molecule has 0 aromatic carbocycles. The molecule has 2 N–H and O–H groups in total. The van der Waals surface area contributed by atoms with Crippen molar-refractivity contribution in [3.63, 3.8) is 0 Å². The molecule has 1 aromatic rings. The van der Waals surface area contributed by atoms with Gasteiger partial charge in [0.05, 0.1) is 19.8 Å². The topological polar surface area (TPSA) is 88.8 Å². The van der Waals surface area contributed by atoms with Gasteiger partial charge in [-0.25, -0.2) is 9.67 Å². The molecule has 9 nitrogen and oxygen atoms in total. The number of nitrogens with one attached hydrogen (secondary N) is 2. The van der Waals surface area contributed by atoms with Gasteiger partial charge in [-0.05, 0) is 19.3 Å². The van der Waals surface area contributed by atoms with Crippen LogP contribution in [0.25, 0.3) is 0 Å². The standard InChI is InChI=1S/C19H35N7O2.HI/c1-4-20-19(21-11-15(2)12-25-7-9-28-10-8-25)22-16-5-6-18-23-17(14-27-3)24-26(18)13-16;/h15-16H,4-14H2,1-3H3,(H2,20,21,22);1H. The summed E-state index contributed by atoms with van der Waals surface area (Å²) in [6.45, 7) is 12.1. The lowest BCUT2D eigenvalue weighted by atomic mass is 10.1. The van der Waals surface area contributed by atoms with E-state index in [-0.39, 0.29) is 24.0 Å². The Hall–Kier alpha value is -0.980. The van der Waals surface area contributed by atoms with Gasteiger partial charge in [-0.2, -0.15) is 5.10 Å². The van der Waals surface area contributed by atoms with Crippen LogP contribution in [-0.2, 0) is 29.0 Å². The summed E-state index contributed by atoms with van der Waals surface area (Å²) in [7, 11) is 1.67. The zero-order valence-corrected chi connectivity index (χ0v) is 20.2. The van der Waals surface area contributed by atoms with Crippen LogP contribution in [0.1, 0.15) is 31.9 Å². The third kappa shape index (κ3) is 7.65. The van der Waals surface area contributed by atoms with E-state index < -0.39 is 0 Å². The minimum Gasteiger partial charge on any atom is -0.379 e. The van der Waals surface area contributed by atoms with Gasteiger partial charge < -0.3 is 20.1 Å². The van der Waals surface area contributed by atoms with E-state index in [0.29, 0.717) is 18.6 Å². The Morgan fingerprint density at radius 2 is 2.17 bits per heavy atom. The molecule has 0 aliphatic carbocycles. The molecular formula is C19H36IN7O2. The molecule has 0 radical (unpaired) electrons. The van der Waals surface area contributed by atoms with Crippen molar-refractivity contribution in [1.82, 2.24) is 30.3 Å². The molecule has 1 fully saturated rings. The smallest absolute Gasteiger partial charge is 0.191 e. The maximum atomic E-state index is 5.43. The summed E-state index contributed by atoms with van der Waals surface area (Å²) in [5.41, 5.74) is 0. The quantitative estimate of drug-likeness (QED) is 0.298. The van der Waals surface area contributed by atoms with E-state index in [0.717, 1.165) is 82.9 Å². The molecule has 2 aliphatic rings. The largest absolute Gasteiger partial charge is 0.379 e. The van der Waals surface area contributed by atoms with Gasteiger partial charge in [-0.15, -0.1) is 24.0 Å². The average molecular weight is 521 g/mol. The molecule has 29 heavy (non-hydrogen) atoms. The summed E-state index contributed by atoms with van der Waals surface area (Å²) in [5, 5.41) is 11.5. The Balaban J connectivity index is 0.00000300. The van der Waals surface area contributed by atoms with Crippen molar-refractivity contribution in [3.8, 4) is 0 Å². The van der Waals surface area contributed by atoms with Crippen molar-refractivity contribution in [3.05, 3.63) is 11.6 Å². The van der Waals surface area contributed by atoms with Crippen molar-refractivity contribution in [1.29, 1.82) is 0 Å². The van der Waals surface area contributed by atoms with Gasteiger partial charge in [-0.1, -0.05) is 6.92 Å². The van der Waals surface area contributed by atoms with Crippen LogP contribution in [0.5, 0.6) is 0 Å². The Morgan fingerprint density at radius 1 is 1.38 bits per heavy atom. The zero-order chi connectivity index (χ0) is 19.8. The number of nitrogens with zero attached hydrogens (tertiary/aromatic N) is 5. The second-order valence-electron chi connectivity index (χ2n) is 7.68. The summed E-state index contributed by atoms with van der Waals surface area (Å²) in [6.07, 6.45) is 1.94. The molecule has 2 aliphatic heterocycles. The van der Waals surface area contributed by atoms with E-state index in [1.807, 2.05) is 4.68 Å². The lowest BCUT2D eigenvalue weighted by molar-refractivity contribution is 0.0323. The first kappa shape index (κ1) is 24.3. The first-order valence-electron chi connectivity index (χ1n) is 10.4. The van der Waals surface area contributed by atoms with E-state index >= 15 is 0 Å². The number of aliphatic imine (C=N–C) groups is 1. The summed E-state index contributed by atoms with van der Waals surface area (Å²) in [5.74, 6) is 3.21. The Bertz CT molecular complexity index is 634. The minimum atomic E-state index is 0. The normalized spacial score (nSPS) is 21.2. The van der Waals surface area contributed by atoms with Crippen molar-refractivity contribution in [2.75, 3.05) is 53.0 Å². The Kier molecular flexibility index (Phi) is 10.6. The average Bonchev–Trinajstić information content (AvgIpc) is 3.09. The zero-order valence-electron chi connectivity index (χ0n) is 17.9. The predicted molar refractivity (Wildman–Crippen MR) is 124 cm³/mol. The fourth-order valence-electron chi connectivity index (χ4n) is 3.71. The Labute approximate surface area is 191 Å². The molecule has 166 valence electrons. The van der Waals surface area contributed by atoms with E-state index in [1.54, 1.807) is 7.11 Å². The highest BCUT2D eigenvalue weighted by molar-refractivity contribution is 14.0. The third-order valence-electron chi connectivity index (χ3n) is 5.10. The number of methoxy groups -OCH3 is 1. The van der Waals surface area contributed by atoms with Gasteiger partial charge >= 0.3 is 0 Å². The van der Waals surface area contributed by atoms with Gasteiger partial charge in [-0.3, -0.25) is 9.89 Å². The van der Waals surface area contributed by atoms with Crippen LogP contribution in [0.2, 0.25) is 0 Å². The monoisotopic (exact) mass is 521 g/mol. The lowest BCUT2D eigenvalue weighted by Gasteiger charge is -2.29. The SMILES string of the molecule is CCNC(=NCC(C)CN1CCOCC1)NC1CCc2nc(COC)nn2C1.I. The maximum Gasteiger partial charge on any atom is 0.191 e. The summed E-state index contributed by atoms with van der Waals surface area (Å²) in [4.78, 5) is 11.8. The lowest BCUT2D eigenvalue weighted by Crippen LogP contribution is -2.47. The van der Waals surface area contributed by atoms with Gasteiger partial charge in [0.25, 0.3) is 0 Å². The molecule has 1 saturated heterocycles. The number of rotatable bonds is 8. The third-order valence-corrected chi connectivity index (χ3v) is 5.10. The molecule has 0 bridgehead atoms. The highest BCUT2D eigenvalue weighted by Gasteiger charge is 2.22. The van der Waals surface area contributed by atoms with Crippen LogP contribution in [0.4, 0.5) is 0 Å². The van der Waals surface area contributed by atoms with Crippen molar-refractivity contribution in [2.45, 2.75) is 45.9 Å². The number of fused-ring (bicyclic) bond motifs is 1. The van der Waals surface area contributed by atoms with E-state index in [9.17, 15) is 0 Å². The Morgan fingerprint density at radius 3 is 2.90 bits per heavy atom. The van der Waals surface area contributed by atoms with Crippen LogP contribution in [0, 0.1) is 5.92 Å². The number of morpholine rings is 1. The molecule has 3 heterocycles. The number of hydrogen-bond donors (Lipinski definition) is 2. The van der Waals surface area contributed by atoms with Gasteiger partial charge in [0.2, 0.25) is 0 Å². The second kappa shape index (κ2) is 12.7. The molecule has 2 unspecified atom stereocenters. The van der Waals surface area contributed by atoms with Gasteiger partial charge in [0.1, 0.15) is 12.4 Å². The highest BCUT2D eigenvalue weighted by atomic mass is 127. The van der Waals surface area contributed by atoms with E-state index in [1.165, 1.54) is 0 Å². The van der Waals surface area contributed by atoms with Crippen LogP contribution in [0.3, 0.4) is 0 Å². The summed E-state index contributed by atoms with van der Waals surface area (Å²) in [6, 6.07) is 0.303. The predicted octanol–water partition coefficient (Wildman–Crippen LogP) is 0.881. The number of aromatic nitrogens is 3. The summed E-state index contributed by atoms with van der Waals surface area (Å²) < 4.78 is 12.6. The number of aryl methyl sites for hydroxylation is 1. The fourth-order valence-corrected chi connectivity index (χ4v) is 3.71. The van der Waals surface area contributed by atoms with Gasteiger partial charge in [0.15, 0.2) is 11.8 Å².